The zero-order chi connectivity index (χ0) is 30.4. The maximum Gasteiger partial charge on any atom is 0.408 e. The van der Waals surface area contributed by atoms with Crippen LogP contribution in [0.25, 0.3) is 0 Å². The van der Waals surface area contributed by atoms with Crippen molar-refractivity contribution < 1.29 is 33.4 Å². The van der Waals surface area contributed by atoms with E-state index in [1.807, 2.05) is 74.5 Å². The number of esters is 1. The number of carbonyl (C=O) groups is 4. The summed E-state index contributed by atoms with van der Waals surface area (Å²) in [5, 5.41) is 7.88. The van der Waals surface area contributed by atoms with Gasteiger partial charge in [-0.15, -0.1) is 0 Å². The van der Waals surface area contributed by atoms with Crippen LogP contribution < -0.4 is 16.0 Å². The minimum atomic E-state index is -1.15. The van der Waals surface area contributed by atoms with E-state index in [1.165, 1.54) is 6.92 Å². The average Bonchev–Trinajstić information content (AvgIpc) is 2.90. The lowest BCUT2D eigenvalue weighted by Gasteiger charge is -2.26. The molecule has 0 heterocycles. The molecule has 10 heteroatoms. The molecule has 3 atom stereocenters. The van der Waals surface area contributed by atoms with Crippen molar-refractivity contribution in [1.29, 1.82) is 0 Å². The number of benzene rings is 2. The van der Waals surface area contributed by atoms with Gasteiger partial charge in [0, 0.05) is 0 Å². The lowest BCUT2D eigenvalue weighted by Crippen LogP contribution is -2.57. The molecule has 0 spiro atoms. The lowest BCUT2D eigenvalue weighted by atomic mass is 10.0. The fourth-order valence-corrected chi connectivity index (χ4v) is 3.70. The molecule has 224 valence electrons. The molecule has 0 fully saturated rings. The van der Waals surface area contributed by atoms with E-state index in [-0.39, 0.29) is 25.7 Å². The predicted octanol–water partition coefficient (Wildman–Crippen LogP) is 3.88. The Morgan fingerprint density at radius 1 is 0.732 bits per heavy atom. The van der Waals surface area contributed by atoms with E-state index < -0.39 is 47.6 Å². The zero-order valence-corrected chi connectivity index (χ0v) is 24.8. The van der Waals surface area contributed by atoms with Crippen molar-refractivity contribution in [1.82, 2.24) is 16.0 Å². The molecule has 0 radical (unpaired) electrons. The van der Waals surface area contributed by atoms with E-state index in [1.54, 1.807) is 20.8 Å². The Bertz CT molecular complexity index is 1120. The second kappa shape index (κ2) is 16.4. The third-order valence-electron chi connectivity index (χ3n) is 5.68. The minimum Gasteiger partial charge on any atom is -0.459 e. The molecular formula is C31H43N3O7. The third-order valence-corrected chi connectivity index (χ3v) is 5.68. The van der Waals surface area contributed by atoms with Crippen LogP contribution in [0, 0.1) is 5.92 Å². The van der Waals surface area contributed by atoms with Gasteiger partial charge < -0.3 is 30.2 Å². The summed E-state index contributed by atoms with van der Waals surface area (Å²) in [6.07, 6.45) is -0.429. The van der Waals surface area contributed by atoms with Crippen LogP contribution in [-0.2, 0) is 41.8 Å². The number of carbonyl (C=O) groups excluding carboxylic acids is 4. The molecule has 10 nitrogen and oxygen atoms in total. The molecule has 3 amide bonds. The highest BCUT2D eigenvalue weighted by atomic mass is 16.6. The average molecular weight is 570 g/mol. The smallest absolute Gasteiger partial charge is 0.408 e. The highest BCUT2D eigenvalue weighted by molar-refractivity contribution is 5.93. The van der Waals surface area contributed by atoms with Crippen molar-refractivity contribution in [3.8, 4) is 0 Å². The van der Waals surface area contributed by atoms with Crippen LogP contribution >= 0.6 is 0 Å². The van der Waals surface area contributed by atoms with Gasteiger partial charge in [-0.1, -0.05) is 74.5 Å². The maximum atomic E-state index is 13.3. The number of amides is 3. The number of ether oxygens (including phenoxy) is 3. The molecule has 0 aliphatic rings. The Labute approximate surface area is 242 Å². The summed E-state index contributed by atoms with van der Waals surface area (Å²) in [5.41, 5.74) is 0.953. The SMILES string of the molecule is CC(C)C[C@@H](NC(=O)OC(C)(C)C)C(=O)N[C@H](COCc1ccccc1)C(=O)N[C@@H](C)C(=O)OCc1ccccc1. The predicted molar refractivity (Wildman–Crippen MR) is 154 cm³/mol. The van der Waals surface area contributed by atoms with E-state index in [0.717, 1.165) is 11.1 Å². The van der Waals surface area contributed by atoms with E-state index in [4.69, 9.17) is 14.2 Å². The monoisotopic (exact) mass is 569 g/mol. The summed E-state index contributed by atoms with van der Waals surface area (Å²) in [6, 6.07) is 15.5. The minimum absolute atomic E-state index is 0.0571. The summed E-state index contributed by atoms with van der Waals surface area (Å²) >= 11 is 0. The van der Waals surface area contributed by atoms with Crippen molar-refractivity contribution >= 4 is 23.9 Å². The largest absolute Gasteiger partial charge is 0.459 e. The first kappa shape index (κ1) is 33.3. The summed E-state index contributed by atoms with van der Waals surface area (Å²) in [7, 11) is 0. The first-order chi connectivity index (χ1) is 19.3. The van der Waals surface area contributed by atoms with Crippen LogP contribution in [0.3, 0.4) is 0 Å². The van der Waals surface area contributed by atoms with Gasteiger partial charge in [-0.05, 0) is 51.2 Å². The molecule has 0 aromatic heterocycles. The Kier molecular flexibility index (Phi) is 13.3. The molecule has 0 saturated heterocycles. The van der Waals surface area contributed by atoms with Gasteiger partial charge in [0.05, 0.1) is 13.2 Å². The molecule has 2 rings (SSSR count). The quantitative estimate of drug-likeness (QED) is 0.294. The van der Waals surface area contributed by atoms with Crippen molar-refractivity contribution in [2.45, 2.75) is 84.9 Å². The van der Waals surface area contributed by atoms with Crippen LogP contribution in [0.4, 0.5) is 4.79 Å². The third kappa shape index (κ3) is 13.3. The van der Waals surface area contributed by atoms with Crippen LogP contribution in [-0.4, -0.2) is 54.2 Å². The molecular weight excluding hydrogens is 526 g/mol. The molecule has 0 bridgehead atoms. The molecule has 41 heavy (non-hydrogen) atoms. The molecule has 2 aromatic carbocycles. The summed E-state index contributed by atoms with van der Waals surface area (Å²) in [4.78, 5) is 51.5. The van der Waals surface area contributed by atoms with Crippen LogP contribution in [0.15, 0.2) is 60.7 Å². The first-order valence-electron chi connectivity index (χ1n) is 13.8. The topological polar surface area (TPSA) is 132 Å². The van der Waals surface area contributed by atoms with Crippen molar-refractivity contribution in [2.24, 2.45) is 5.92 Å². The van der Waals surface area contributed by atoms with Gasteiger partial charge in [-0.2, -0.15) is 0 Å². The Hall–Kier alpha value is -3.92. The number of nitrogens with one attached hydrogen (secondary N) is 3. The Morgan fingerprint density at radius 3 is 1.80 bits per heavy atom. The van der Waals surface area contributed by atoms with Crippen LogP contribution in [0.1, 0.15) is 59.1 Å². The molecule has 0 aliphatic carbocycles. The van der Waals surface area contributed by atoms with Crippen molar-refractivity contribution in [3.05, 3.63) is 71.8 Å². The lowest BCUT2D eigenvalue weighted by molar-refractivity contribution is -0.149. The summed E-state index contributed by atoms with van der Waals surface area (Å²) < 4.78 is 16.4. The molecule has 0 unspecified atom stereocenters. The van der Waals surface area contributed by atoms with Crippen molar-refractivity contribution in [2.75, 3.05) is 6.61 Å². The van der Waals surface area contributed by atoms with Gasteiger partial charge in [-0.25, -0.2) is 9.59 Å². The van der Waals surface area contributed by atoms with Gasteiger partial charge >= 0.3 is 12.1 Å². The molecule has 0 saturated carbocycles. The number of hydrogen-bond donors (Lipinski definition) is 3. The highest BCUT2D eigenvalue weighted by Crippen LogP contribution is 2.10. The second-order valence-corrected chi connectivity index (χ2v) is 11.2. The van der Waals surface area contributed by atoms with Crippen molar-refractivity contribution in [3.63, 3.8) is 0 Å². The van der Waals surface area contributed by atoms with Gasteiger partial charge in [0.2, 0.25) is 11.8 Å². The van der Waals surface area contributed by atoms with Crippen LogP contribution in [0.2, 0.25) is 0 Å². The standard InChI is InChI=1S/C31H43N3O7/c1-21(2)17-25(34-30(38)41-31(4,5)6)27(35)33-26(20-39-18-23-13-9-7-10-14-23)28(36)32-22(3)29(37)40-19-24-15-11-8-12-16-24/h7-16,21-22,25-26H,17-20H2,1-6H3,(H,32,36)(H,33,35)(H,34,38)/t22-,25+,26+/m0/s1. The fraction of sp³-hybridized carbons (Fsp3) is 0.484. The van der Waals surface area contributed by atoms with Gasteiger partial charge in [-0.3, -0.25) is 9.59 Å². The number of hydrogen-bond acceptors (Lipinski definition) is 7. The van der Waals surface area contributed by atoms with E-state index in [2.05, 4.69) is 16.0 Å². The highest BCUT2D eigenvalue weighted by Gasteiger charge is 2.30. The Balaban J connectivity index is 2.09. The Morgan fingerprint density at radius 2 is 1.27 bits per heavy atom. The molecule has 2 aromatic rings. The maximum absolute atomic E-state index is 13.3. The van der Waals surface area contributed by atoms with E-state index in [0.29, 0.717) is 6.42 Å². The molecule has 3 N–H and O–H groups in total. The number of alkyl carbamates (subject to hydrolysis) is 1. The van der Waals surface area contributed by atoms with Gasteiger partial charge in [0.25, 0.3) is 0 Å². The normalized spacial score (nSPS) is 13.4. The van der Waals surface area contributed by atoms with Gasteiger partial charge in [0.15, 0.2) is 0 Å². The second-order valence-electron chi connectivity index (χ2n) is 11.2. The van der Waals surface area contributed by atoms with Crippen LogP contribution in [0.5, 0.6) is 0 Å². The van der Waals surface area contributed by atoms with Gasteiger partial charge in [0.1, 0.15) is 30.3 Å². The summed E-state index contributed by atoms with van der Waals surface area (Å²) in [5.74, 6) is -1.77. The fourth-order valence-electron chi connectivity index (χ4n) is 3.70. The van der Waals surface area contributed by atoms with E-state index in [9.17, 15) is 19.2 Å². The molecule has 0 aliphatic heterocycles. The number of rotatable bonds is 14. The summed E-state index contributed by atoms with van der Waals surface area (Å²) in [6.45, 7) is 10.6. The van der Waals surface area contributed by atoms with E-state index >= 15 is 0 Å². The zero-order valence-electron chi connectivity index (χ0n) is 24.8. The first-order valence-corrected chi connectivity index (χ1v) is 13.8.